The topological polar surface area (TPSA) is 66.4 Å². The Kier molecular flexibility index (Phi) is 6.67. The maximum atomic E-state index is 14.7. The van der Waals surface area contributed by atoms with E-state index in [1.54, 1.807) is 5.32 Å². The molecule has 2 aliphatic carbocycles. The lowest BCUT2D eigenvalue weighted by Gasteiger charge is -2.25. The number of benzene rings is 1. The Morgan fingerprint density at radius 1 is 1.08 bits per heavy atom. The molecule has 2 N–H and O–H groups in total. The van der Waals surface area contributed by atoms with Crippen LogP contribution >= 0.6 is 0 Å². The smallest absolute Gasteiger partial charge is 0.381 e. The molecule has 5 rings (SSSR count). The second-order valence-electron chi connectivity index (χ2n) is 10.4. The predicted molar refractivity (Wildman–Crippen MR) is 123 cm³/mol. The molecule has 0 bridgehead atoms. The number of amides is 1. The second kappa shape index (κ2) is 9.49. The number of likely N-dealkylation sites (tertiary alicyclic amines) is 1. The number of hydrogen-bond donors (Lipinski definition) is 2. The SMILES string of the molecule is CN1C[C@@H]2C(Nc3cc(=O)n(C4(C(F)F)CC4)cc3C(=O)N[C@H](c3cccc(C(F)F)c3F)C(F)(F)F)[C@@H]2C1. The summed E-state index contributed by atoms with van der Waals surface area (Å²) in [6, 6.07) is -0.268. The molecule has 1 aromatic heterocycles. The number of alkyl halides is 7. The zero-order chi connectivity index (χ0) is 28.4. The molecule has 1 amide bonds. The quantitative estimate of drug-likeness (QED) is 0.457. The molecule has 39 heavy (non-hydrogen) atoms. The van der Waals surface area contributed by atoms with Gasteiger partial charge in [-0.25, -0.2) is 22.0 Å². The molecule has 1 aromatic carbocycles. The number of carbonyl (C=O) groups excluding carboxylic acids is 1. The summed E-state index contributed by atoms with van der Waals surface area (Å²) in [5.74, 6) is -2.94. The summed E-state index contributed by atoms with van der Waals surface area (Å²) in [4.78, 5) is 28.1. The maximum absolute atomic E-state index is 14.7. The van der Waals surface area contributed by atoms with Crippen LogP contribution in [0.2, 0.25) is 0 Å². The third-order valence-electron chi connectivity index (χ3n) is 7.85. The van der Waals surface area contributed by atoms with Crippen LogP contribution in [0.5, 0.6) is 0 Å². The van der Waals surface area contributed by atoms with Gasteiger partial charge in [-0.15, -0.1) is 0 Å². The minimum atomic E-state index is -5.31. The van der Waals surface area contributed by atoms with Crippen LogP contribution in [0.4, 0.5) is 40.8 Å². The predicted octanol–water partition coefficient (Wildman–Crippen LogP) is 4.68. The lowest BCUT2D eigenvalue weighted by molar-refractivity contribution is -0.155. The van der Waals surface area contributed by atoms with E-state index < -0.39 is 64.6 Å². The van der Waals surface area contributed by atoms with Gasteiger partial charge in [0.05, 0.1) is 16.8 Å². The summed E-state index contributed by atoms with van der Waals surface area (Å²) < 4.78 is 111. The summed E-state index contributed by atoms with van der Waals surface area (Å²) in [5, 5.41) is 4.64. The number of nitrogens with one attached hydrogen (secondary N) is 2. The first-order valence-electron chi connectivity index (χ1n) is 12.2. The van der Waals surface area contributed by atoms with Crippen LogP contribution in [-0.2, 0) is 5.54 Å². The van der Waals surface area contributed by atoms with Gasteiger partial charge >= 0.3 is 6.18 Å². The minimum absolute atomic E-state index is 0.0751. The van der Waals surface area contributed by atoms with E-state index in [1.807, 2.05) is 7.05 Å². The molecule has 2 saturated carbocycles. The first-order chi connectivity index (χ1) is 18.2. The van der Waals surface area contributed by atoms with Gasteiger partial charge in [-0.3, -0.25) is 9.59 Å². The molecule has 4 atom stereocenters. The summed E-state index contributed by atoms with van der Waals surface area (Å²) in [7, 11) is 1.90. The number of aromatic nitrogens is 1. The number of fused-ring (bicyclic) bond motifs is 1. The number of pyridine rings is 1. The molecule has 3 aliphatic rings. The summed E-state index contributed by atoms with van der Waals surface area (Å²) >= 11 is 0. The van der Waals surface area contributed by atoms with E-state index in [0.29, 0.717) is 29.8 Å². The molecule has 3 fully saturated rings. The Balaban J connectivity index is 1.52. The van der Waals surface area contributed by atoms with E-state index in [-0.39, 0.29) is 36.4 Å². The van der Waals surface area contributed by atoms with Crippen LogP contribution in [0.1, 0.15) is 46.8 Å². The monoisotopic (exact) mass is 564 g/mol. The van der Waals surface area contributed by atoms with E-state index in [9.17, 15) is 44.7 Å². The minimum Gasteiger partial charge on any atom is -0.381 e. The summed E-state index contributed by atoms with van der Waals surface area (Å²) in [5.41, 5.74) is -5.93. The number of piperidine rings is 1. The van der Waals surface area contributed by atoms with E-state index in [2.05, 4.69) is 10.2 Å². The first-order valence-corrected chi connectivity index (χ1v) is 12.2. The molecule has 1 saturated heterocycles. The van der Waals surface area contributed by atoms with Gasteiger partial charge in [0.25, 0.3) is 24.3 Å². The fourth-order valence-electron chi connectivity index (χ4n) is 5.51. The average Bonchev–Trinajstić information content (AvgIpc) is 3.72. The van der Waals surface area contributed by atoms with Gasteiger partial charge < -0.3 is 20.1 Å². The molecular formula is C25H24F8N4O2. The molecule has 14 heteroatoms. The highest BCUT2D eigenvalue weighted by Gasteiger charge is 2.56. The number of hydrogen-bond acceptors (Lipinski definition) is 4. The Bertz CT molecular complexity index is 1330. The van der Waals surface area contributed by atoms with E-state index in [4.69, 9.17) is 0 Å². The van der Waals surface area contributed by atoms with Crippen molar-refractivity contribution < 1.29 is 39.9 Å². The average molecular weight is 564 g/mol. The molecular weight excluding hydrogens is 540 g/mol. The van der Waals surface area contributed by atoms with Crippen LogP contribution in [0, 0.1) is 17.7 Å². The van der Waals surface area contributed by atoms with Crippen molar-refractivity contribution in [2.24, 2.45) is 11.8 Å². The third kappa shape index (κ3) is 4.87. The van der Waals surface area contributed by atoms with Crippen molar-refractivity contribution in [3.05, 3.63) is 63.3 Å². The van der Waals surface area contributed by atoms with Gasteiger partial charge in [-0.1, -0.05) is 18.2 Å². The highest BCUT2D eigenvalue weighted by Crippen LogP contribution is 2.49. The van der Waals surface area contributed by atoms with E-state index in [1.165, 1.54) is 0 Å². The maximum Gasteiger partial charge on any atom is 0.412 e. The number of nitrogens with zero attached hydrogens (tertiary/aromatic N) is 2. The van der Waals surface area contributed by atoms with Crippen LogP contribution in [0.15, 0.2) is 35.3 Å². The second-order valence-corrected chi connectivity index (χ2v) is 10.4. The molecule has 1 unspecified atom stereocenters. The van der Waals surface area contributed by atoms with E-state index in [0.717, 1.165) is 18.3 Å². The van der Waals surface area contributed by atoms with Crippen LogP contribution in [-0.4, -0.2) is 54.2 Å². The number of carbonyl (C=O) groups is 1. The van der Waals surface area contributed by atoms with Crippen molar-refractivity contribution in [1.29, 1.82) is 0 Å². The molecule has 6 nitrogen and oxygen atoms in total. The standard InChI is InChI=1S/C25H24F8N4O2/c1-36-8-13-14(9-36)19(13)34-16-7-17(38)37(24(5-6-24)23(29)30)10-15(16)22(39)35-20(25(31,32)33)11-3-2-4-12(18(11)26)21(27)28/h2-4,7,10,13-14,19-21,23,34H,5-6,8-9H2,1H3,(H,35,39)/t13-,14+,19?,20-/m1/s1. The molecule has 2 heterocycles. The van der Waals surface area contributed by atoms with Crippen molar-refractivity contribution in [2.45, 2.75) is 49.5 Å². The third-order valence-corrected chi connectivity index (χ3v) is 7.85. The van der Waals surface area contributed by atoms with Gasteiger partial charge in [-0.2, -0.15) is 13.2 Å². The van der Waals surface area contributed by atoms with Crippen LogP contribution < -0.4 is 16.2 Å². The van der Waals surface area contributed by atoms with Crippen LogP contribution in [0.3, 0.4) is 0 Å². The normalized spacial score (nSPS) is 24.5. The Morgan fingerprint density at radius 2 is 1.69 bits per heavy atom. The Hall–Kier alpha value is -3.16. The molecule has 1 aliphatic heterocycles. The summed E-state index contributed by atoms with van der Waals surface area (Å²) in [6.45, 7) is 1.43. The van der Waals surface area contributed by atoms with Gasteiger partial charge in [-0.05, 0) is 31.7 Å². The van der Waals surface area contributed by atoms with Crippen molar-refractivity contribution in [1.82, 2.24) is 14.8 Å². The van der Waals surface area contributed by atoms with Gasteiger partial charge in [0.1, 0.15) is 11.4 Å². The van der Waals surface area contributed by atoms with Gasteiger partial charge in [0, 0.05) is 37.0 Å². The van der Waals surface area contributed by atoms with E-state index >= 15 is 0 Å². The Labute approximate surface area is 217 Å². The Morgan fingerprint density at radius 3 is 2.23 bits per heavy atom. The lowest BCUT2D eigenvalue weighted by Crippen LogP contribution is -2.41. The van der Waals surface area contributed by atoms with Crippen molar-refractivity contribution in [2.75, 3.05) is 25.5 Å². The molecule has 2 aromatic rings. The zero-order valence-electron chi connectivity index (χ0n) is 20.4. The first kappa shape index (κ1) is 27.4. The molecule has 0 spiro atoms. The highest BCUT2D eigenvalue weighted by molar-refractivity contribution is 5.99. The van der Waals surface area contributed by atoms with Crippen molar-refractivity contribution in [3.63, 3.8) is 0 Å². The van der Waals surface area contributed by atoms with Crippen molar-refractivity contribution in [3.8, 4) is 0 Å². The fourth-order valence-corrected chi connectivity index (χ4v) is 5.51. The number of rotatable bonds is 8. The molecule has 212 valence electrons. The number of halogens is 8. The highest BCUT2D eigenvalue weighted by atomic mass is 19.4. The fraction of sp³-hybridized carbons (Fsp3) is 0.520. The number of anilines is 1. The zero-order valence-corrected chi connectivity index (χ0v) is 20.4. The van der Waals surface area contributed by atoms with Crippen molar-refractivity contribution >= 4 is 11.6 Å². The largest absolute Gasteiger partial charge is 0.412 e. The van der Waals surface area contributed by atoms with Gasteiger partial charge in [0.15, 0.2) is 6.04 Å². The summed E-state index contributed by atoms with van der Waals surface area (Å²) in [6.07, 6.45) is -11.0. The lowest BCUT2D eigenvalue weighted by atomic mass is 10.0. The van der Waals surface area contributed by atoms with Gasteiger partial charge in [0.2, 0.25) is 0 Å². The van der Waals surface area contributed by atoms with Crippen LogP contribution in [0.25, 0.3) is 0 Å². The molecule has 0 radical (unpaired) electrons.